The van der Waals surface area contributed by atoms with Crippen LogP contribution in [0.1, 0.15) is 0 Å². The summed E-state index contributed by atoms with van der Waals surface area (Å²) in [6.45, 7) is 0. The van der Waals surface area contributed by atoms with Gasteiger partial charge in [0.2, 0.25) is 0 Å². The van der Waals surface area contributed by atoms with Crippen molar-refractivity contribution in [3.63, 3.8) is 0 Å². The van der Waals surface area contributed by atoms with E-state index in [4.69, 9.17) is 0 Å². The Labute approximate surface area is 82.0 Å². The molecule has 0 saturated carbocycles. The van der Waals surface area contributed by atoms with Gasteiger partial charge in [-0.25, -0.2) is 0 Å². The van der Waals surface area contributed by atoms with Gasteiger partial charge < -0.3 is 21.9 Å². The predicted octanol–water partition coefficient (Wildman–Crippen LogP) is -2.84. The maximum Gasteiger partial charge on any atom is 3.00 e. The molecule has 0 amide bonds. The molecule has 0 rings (SSSR count). The molecule has 34 valence electrons. The van der Waals surface area contributed by atoms with Crippen LogP contribution >= 0.6 is 9.90 Å². The van der Waals surface area contributed by atoms with Crippen LogP contribution in [0.4, 0.5) is 0 Å². The standard InChI is InChI=1S/K.4H2O.P/h;4*1H2;/q+1;;;;;+3/p-4. The van der Waals surface area contributed by atoms with Crippen LogP contribution in [0.25, 0.3) is 0 Å². The minimum atomic E-state index is 0. The molecule has 0 saturated heterocycles. The van der Waals surface area contributed by atoms with Gasteiger partial charge in [0, 0.05) is 0 Å². The summed E-state index contributed by atoms with van der Waals surface area (Å²) < 4.78 is 0. The molecular formula is H4KO4P. The van der Waals surface area contributed by atoms with Crippen LogP contribution in [0, 0.1) is 0 Å². The molecule has 4 nitrogen and oxygen atoms in total. The maximum atomic E-state index is 0. The Morgan fingerprint density at radius 1 is 0.500 bits per heavy atom. The minimum absolute atomic E-state index is 0. The summed E-state index contributed by atoms with van der Waals surface area (Å²) in [4.78, 5) is 0. The Bertz CT molecular complexity index is 7.51. The van der Waals surface area contributed by atoms with E-state index in [1.807, 2.05) is 0 Å². The molecule has 0 heterocycles. The summed E-state index contributed by atoms with van der Waals surface area (Å²) in [5.74, 6) is 0. The third-order valence-corrected chi connectivity index (χ3v) is 0. The fourth-order valence-corrected chi connectivity index (χ4v) is 0. The van der Waals surface area contributed by atoms with Crippen molar-refractivity contribution in [3.8, 4) is 0 Å². The third kappa shape index (κ3) is 39.1. The summed E-state index contributed by atoms with van der Waals surface area (Å²) in [6.07, 6.45) is 0. The Hall–Kier alpha value is 1.91. The summed E-state index contributed by atoms with van der Waals surface area (Å²) in [5, 5.41) is 0. The van der Waals surface area contributed by atoms with Gasteiger partial charge >= 0.3 is 61.3 Å². The molecular weight excluding hydrogens is 134 g/mol. The quantitative estimate of drug-likeness (QED) is 0.264. The van der Waals surface area contributed by atoms with E-state index in [9.17, 15) is 0 Å². The zero-order chi connectivity index (χ0) is 0. The second-order valence-corrected chi connectivity index (χ2v) is 0. The molecule has 0 aromatic heterocycles. The van der Waals surface area contributed by atoms with Crippen molar-refractivity contribution < 1.29 is 73.3 Å². The SMILES string of the molecule is [K+].[OH-].[OH-].[OH-].[OH-].[P+3]. The number of hydrogen-bond acceptors (Lipinski definition) is 4. The van der Waals surface area contributed by atoms with Gasteiger partial charge in [-0.15, -0.1) is 0 Å². The minimum Gasteiger partial charge on any atom is -0.870 e. The summed E-state index contributed by atoms with van der Waals surface area (Å²) in [6, 6.07) is 0. The molecule has 0 unspecified atom stereocenters. The van der Waals surface area contributed by atoms with Crippen LogP contribution in [0.15, 0.2) is 0 Å². The molecule has 0 aliphatic heterocycles. The summed E-state index contributed by atoms with van der Waals surface area (Å²) in [5.41, 5.74) is 0. The van der Waals surface area contributed by atoms with Crippen LogP contribution in [-0.2, 0) is 0 Å². The first kappa shape index (κ1) is 104. The van der Waals surface area contributed by atoms with Gasteiger partial charge in [-0.3, -0.25) is 0 Å². The molecule has 0 fully saturated rings. The maximum absolute atomic E-state index is 0. The molecule has 0 aliphatic rings. The predicted molar refractivity (Wildman–Crippen MR) is 14.7 cm³/mol. The summed E-state index contributed by atoms with van der Waals surface area (Å²) in [7, 11) is 0. The van der Waals surface area contributed by atoms with E-state index in [0.717, 1.165) is 0 Å². The Morgan fingerprint density at radius 2 is 0.500 bits per heavy atom. The van der Waals surface area contributed by atoms with Gasteiger partial charge in [0.1, 0.15) is 0 Å². The van der Waals surface area contributed by atoms with E-state index in [-0.39, 0.29) is 83.2 Å². The van der Waals surface area contributed by atoms with E-state index in [0.29, 0.717) is 0 Å². The van der Waals surface area contributed by atoms with E-state index >= 15 is 0 Å². The molecule has 0 aliphatic carbocycles. The van der Waals surface area contributed by atoms with Crippen LogP contribution in [0.3, 0.4) is 0 Å². The number of hydrogen-bond donors (Lipinski definition) is 0. The Morgan fingerprint density at radius 3 is 0.500 bits per heavy atom. The largest absolute Gasteiger partial charge is 3.00 e. The van der Waals surface area contributed by atoms with E-state index < -0.39 is 0 Å². The van der Waals surface area contributed by atoms with Crippen molar-refractivity contribution in [1.82, 2.24) is 0 Å². The first-order chi connectivity index (χ1) is 0. The van der Waals surface area contributed by atoms with Gasteiger partial charge in [0.05, 0.1) is 0 Å². The van der Waals surface area contributed by atoms with E-state index in [1.54, 1.807) is 0 Å². The molecule has 0 aromatic rings. The van der Waals surface area contributed by atoms with Crippen LogP contribution in [0.5, 0.6) is 0 Å². The molecule has 0 spiro atoms. The van der Waals surface area contributed by atoms with Crippen LogP contribution in [0.2, 0.25) is 0 Å². The average Bonchev–Trinajstić information content (AvgIpc) is 0. The van der Waals surface area contributed by atoms with Crippen molar-refractivity contribution in [1.29, 1.82) is 0 Å². The first-order valence-corrected chi connectivity index (χ1v) is 0. The topological polar surface area (TPSA) is 120 Å². The molecule has 0 aromatic carbocycles. The molecule has 6 heavy (non-hydrogen) atoms. The van der Waals surface area contributed by atoms with E-state index in [2.05, 4.69) is 0 Å². The van der Waals surface area contributed by atoms with Crippen LogP contribution in [-0.4, -0.2) is 21.9 Å². The Kier molecular flexibility index (Phi) is 1150. The van der Waals surface area contributed by atoms with Gasteiger partial charge in [-0.1, -0.05) is 0 Å². The van der Waals surface area contributed by atoms with Gasteiger partial charge in [-0.2, -0.15) is 0 Å². The molecule has 0 bridgehead atoms. The Balaban J connectivity index is 0. The van der Waals surface area contributed by atoms with Crippen molar-refractivity contribution in [3.05, 3.63) is 0 Å². The third-order valence-electron chi connectivity index (χ3n) is 0. The average molecular weight is 138 g/mol. The van der Waals surface area contributed by atoms with Crippen LogP contribution < -0.4 is 51.4 Å². The second kappa shape index (κ2) is 66.3. The first-order valence-electron chi connectivity index (χ1n) is 0. The van der Waals surface area contributed by atoms with E-state index in [1.165, 1.54) is 0 Å². The van der Waals surface area contributed by atoms with Crippen molar-refractivity contribution in [2.45, 2.75) is 0 Å². The molecule has 4 N–H and O–H groups in total. The monoisotopic (exact) mass is 138 g/mol. The second-order valence-electron chi connectivity index (χ2n) is 0. The van der Waals surface area contributed by atoms with Gasteiger partial charge in [0.15, 0.2) is 0 Å². The van der Waals surface area contributed by atoms with Crippen molar-refractivity contribution in [2.75, 3.05) is 0 Å². The van der Waals surface area contributed by atoms with Crippen molar-refractivity contribution in [2.24, 2.45) is 0 Å². The molecule has 0 atom stereocenters. The summed E-state index contributed by atoms with van der Waals surface area (Å²) >= 11 is 0. The van der Waals surface area contributed by atoms with Gasteiger partial charge in [-0.05, 0) is 0 Å². The normalized spacial score (nSPS) is 0. The fraction of sp³-hybridized carbons (Fsp3) is 0. The molecule has 6 heteroatoms. The smallest absolute Gasteiger partial charge is 0.870 e. The molecule has 2 radical (unpaired) electrons. The zero-order valence-corrected chi connectivity index (χ0v) is 7.25. The zero-order valence-electron chi connectivity index (χ0n) is 3.24. The van der Waals surface area contributed by atoms with Crippen molar-refractivity contribution >= 4 is 9.90 Å². The van der Waals surface area contributed by atoms with Gasteiger partial charge in [0.25, 0.3) is 0 Å². The number of rotatable bonds is 0. The fourth-order valence-electron chi connectivity index (χ4n) is 0.